The third kappa shape index (κ3) is 8.10. The van der Waals surface area contributed by atoms with Gasteiger partial charge in [0.05, 0.1) is 12.5 Å². The van der Waals surface area contributed by atoms with Crippen LogP contribution in [0.1, 0.15) is 31.4 Å². The maximum atomic E-state index is 12.6. The molecule has 1 atom stereocenters. The number of hydrogen-bond donors (Lipinski definition) is 2. The third-order valence-electron chi connectivity index (χ3n) is 4.33. The molecule has 2 aromatic carbocycles. The number of benzene rings is 2. The molecular formula is C22H24ClN3O5. The highest BCUT2D eigenvalue weighted by Crippen LogP contribution is 2.20. The molecule has 0 fully saturated rings. The van der Waals surface area contributed by atoms with Crippen LogP contribution in [0.5, 0.6) is 0 Å². The van der Waals surface area contributed by atoms with Crippen LogP contribution >= 0.6 is 11.6 Å². The maximum absolute atomic E-state index is 12.6. The summed E-state index contributed by atoms with van der Waals surface area (Å²) in [6, 6.07) is 14.8. The molecule has 1 unspecified atom stereocenters. The number of primary amides is 1. The lowest BCUT2D eigenvalue weighted by molar-refractivity contribution is -0.148. The number of nitrogens with two attached hydrogens (primary N) is 1. The molecule has 9 heteroatoms. The van der Waals surface area contributed by atoms with Crippen LogP contribution in [0.15, 0.2) is 54.6 Å². The zero-order chi connectivity index (χ0) is 22.8. The highest BCUT2D eigenvalue weighted by atomic mass is 35.5. The highest BCUT2D eigenvalue weighted by Gasteiger charge is 2.21. The fraction of sp³-hybridized carbons (Fsp3) is 0.273. The molecule has 0 aliphatic carbocycles. The molecule has 0 bridgehead atoms. The molecule has 0 aromatic heterocycles. The predicted octanol–water partition coefficient (Wildman–Crippen LogP) is 2.36. The first-order chi connectivity index (χ1) is 14.8. The van der Waals surface area contributed by atoms with Crippen molar-refractivity contribution in [3.05, 3.63) is 65.2 Å². The summed E-state index contributed by atoms with van der Waals surface area (Å²) in [4.78, 5) is 49.0. The van der Waals surface area contributed by atoms with Gasteiger partial charge in [-0.15, -0.1) is 0 Å². The Morgan fingerprint density at radius 1 is 1.06 bits per heavy atom. The largest absolute Gasteiger partial charge is 0.455 e. The first-order valence-electron chi connectivity index (χ1n) is 9.58. The van der Waals surface area contributed by atoms with Gasteiger partial charge in [0.15, 0.2) is 6.61 Å². The molecule has 31 heavy (non-hydrogen) atoms. The van der Waals surface area contributed by atoms with Crippen LogP contribution in [-0.2, 0) is 23.9 Å². The van der Waals surface area contributed by atoms with Gasteiger partial charge in [0.25, 0.3) is 5.91 Å². The number of esters is 1. The summed E-state index contributed by atoms with van der Waals surface area (Å²) in [5.41, 5.74) is 6.43. The minimum absolute atomic E-state index is 0.0320. The summed E-state index contributed by atoms with van der Waals surface area (Å²) in [6.45, 7) is 0.892. The molecule has 3 N–H and O–H groups in total. The standard InChI is InChI=1S/C22H24ClN3O5/c1-15(27)25-19(16-7-9-17(23)10-8-16)13-22(30)31-14-21(29)26(12-11-20(24)28)18-5-3-2-4-6-18/h2-10,19H,11-14H2,1H3,(H2,24,28)(H,25,27). The van der Waals surface area contributed by atoms with Crippen molar-refractivity contribution in [2.24, 2.45) is 5.73 Å². The number of nitrogens with one attached hydrogen (secondary N) is 1. The first-order valence-corrected chi connectivity index (χ1v) is 9.96. The summed E-state index contributed by atoms with van der Waals surface area (Å²) in [6.07, 6.45) is -0.198. The van der Waals surface area contributed by atoms with Gasteiger partial charge in [0, 0.05) is 30.6 Å². The SMILES string of the molecule is CC(=O)NC(CC(=O)OCC(=O)N(CCC(N)=O)c1ccccc1)c1ccc(Cl)cc1. The molecule has 0 saturated carbocycles. The van der Waals surface area contributed by atoms with Crippen LogP contribution in [0.3, 0.4) is 0 Å². The summed E-state index contributed by atoms with van der Waals surface area (Å²) in [5.74, 6) is -2.02. The van der Waals surface area contributed by atoms with Gasteiger partial charge < -0.3 is 20.7 Å². The summed E-state index contributed by atoms with van der Waals surface area (Å²) in [5, 5.41) is 3.21. The molecule has 0 aliphatic heterocycles. The molecule has 0 saturated heterocycles. The van der Waals surface area contributed by atoms with Crippen LogP contribution in [0.2, 0.25) is 5.02 Å². The second-order valence-corrected chi connectivity index (χ2v) is 7.20. The smallest absolute Gasteiger partial charge is 0.308 e. The van der Waals surface area contributed by atoms with Crippen molar-refractivity contribution < 1.29 is 23.9 Å². The van der Waals surface area contributed by atoms with Crippen LogP contribution in [-0.4, -0.2) is 36.8 Å². The Kier molecular flexibility index (Phi) is 9.02. The number of rotatable bonds is 10. The van der Waals surface area contributed by atoms with E-state index in [1.807, 2.05) is 0 Å². The Morgan fingerprint density at radius 3 is 2.29 bits per heavy atom. The lowest BCUT2D eigenvalue weighted by Gasteiger charge is -2.22. The van der Waals surface area contributed by atoms with Crippen molar-refractivity contribution in [2.75, 3.05) is 18.1 Å². The fourth-order valence-corrected chi connectivity index (χ4v) is 2.99. The van der Waals surface area contributed by atoms with Gasteiger partial charge in [-0.25, -0.2) is 0 Å². The fourth-order valence-electron chi connectivity index (χ4n) is 2.87. The first kappa shape index (κ1) is 23.9. The van der Waals surface area contributed by atoms with Crippen LogP contribution in [0.4, 0.5) is 5.69 Å². The van der Waals surface area contributed by atoms with Gasteiger partial charge in [0.1, 0.15) is 0 Å². The number of anilines is 1. The maximum Gasteiger partial charge on any atom is 0.308 e. The Bertz CT molecular complexity index is 919. The van der Waals surface area contributed by atoms with E-state index in [2.05, 4.69) is 5.32 Å². The third-order valence-corrected chi connectivity index (χ3v) is 4.58. The molecule has 3 amide bonds. The van der Waals surface area contributed by atoms with Gasteiger partial charge >= 0.3 is 5.97 Å². The number of hydrogen-bond acceptors (Lipinski definition) is 5. The van der Waals surface area contributed by atoms with Gasteiger partial charge in [-0.2, -0.15) is 0 Å². The number of carbonyl (C=O) groups is 4. The number of para-hydroxylation sites is 1. The molecule has 2 rings (SSSR count). The minimum atomic E-state index is -0.662. The second kappa shape index (κ2) is 11.7. The van der Waals surface area contributed by atoms with Crippen LogP contribution in [0, 0.1) is 0 Å². The highest BCUT2D eigenvalue weighted by molar-refractivity contribution is 6.30. The van der Waals surface area contributed by atoms with E-state index in [4.69, 9.17) is 22.1 Å². The lowest BCUT2D eigenvalue weighted by Crippen LogP contribution is -2.37. The molecule has 164 valence electrons. The molecule has 0 aliphatic rings. The number of ether oxygens (including phenoxy) is 1. The lowest BCUT2D eigenvalue weighted by atomic mass is 10.0. The van der Waals surface area contributed by atoms with Gasteiger partial charge in [0.2, 0.25) is 11.8 Å². The van der Waals surface area contributed by atoms with Gasteiger partial charge in [-0.05, 0) is 29.8 Å². The van der Waals surface area contributed by atoms with Crippen molar-refractivity contribution in [3.63, 3.8) is 0 Å². The van der Waals surface area contributed by atoms with Crippen molar-refractivity contribution in [2.45, 2.75) is 25.8 Å². The van der Waals surface area contributed by atoms with E-state index in [9.17, 15) is 19.2 Å². The molecule has 0 heterocycles. The number of amides is 3. The van der Waals surface area contributed by atoms with Crippen molar-refractivity contribution >= 4 is 41.0 Å². The molecule has 0 spiro atoms. The number of halogens is 1. The predicted molar refractivity (Wildman–Crippen MR) is 116 cm³/mol. The average molecular weight is 446 g/mol. The minimum Gasteiger partial charge on any atom is -0.455 e. The van der Waals surface area contributed by atoms with Crippen molar-refractivity contribution in [1.29, 1.82) is 0 Å². The molecular weight excluding hydrogens is 422 g/mol. The Morgan fingerprint density at radius 2 is 1.71 bits per heavy atom. The molecule has 8 nitrogen and oxygen atoms in total. The van der Waals surface area contributed by atoms with Crippen LogP contribution in [0.25, 0.3) is 0 Å². The normalized spacial score (nSPS) is 11.3. The summed E-state index contributed by atoms with van der Waals surface area (Å²) in [7, 11) is 0. The second-order valence-electron chi connectivity index (χ2n) is 6.77. The van der Waals surface area contributed by atoms with E-state index >= 15 is 0 Å². The van der Waals surface area contributed by atoms with E-state index < -0.39 is 30.4 Å². The summed E-state index contributed by atoms with van der Waals surface area (Å²) < 4.78 is 5.15. The van der Waals surface area contributed by atoms with E-state index in [1.54, 1.807) is 54.6 Å². The van der Waals surface area contributed by atoms with Crippen LogP contribution < -0.4 is 16.0 Å². The Balaban J connectivity index is 2.01. The summed E-state index contributed by atoms with van der Waals surface area (Å²) >= 11 is 5.89. The van der Waals surface area contributed by atoms with E-state index in [0.29, 0.717) is 16.3 Å². The van der Waals surface area contributed by atoms with E-state index in [1.165, 1.54) is 11.8 Å². The van der Waals surface area contributed by atoms with Crippen molar-refractivity contribution in [3.8, 4) is 0 Å². The Hall–Kier alpha value is -3.39. The average Bonchev–Trinajstić information content (AvgIpc) is 2.72. The van der Waals surface area contributed by atoms with E-state index in [0.717, 1.165) is 0 Å². The number of nitrogens with zero attached hydrogens (tertiary/aromatic N) is 1. The monoisotopic (exact) mass is 445 g/mol. The van der Waals surface area contributed by atoms with Gasteiger partial charge in [-0.3, -0.25) is 19.2 Å². The molecule has 2 aromatic rings. The zero-order valence-electron chi connectivity index (χ0n) is 17.0. The Labute approximate surface area is 185 Å². The number of carbonyl (C=O) groups excluding carboxylic acids is 4. The quantitative estimate of drug-likeness (QED) is 0.544. The zero-order valence-corrected chi connectivity index (χ0v) is 17.8. The van der Waals surface area contributed by atoms with E-state index in [-0.39, 0.29) is 25.3 Å². The molecule has 0 radical (unpaired) electrons. The topological polar surface area (TPSA) is 119 Å². The van der Waals surface area contributed by atoms with Crippen molar-refractivity contribution in [1.82, 2.24) is 5.32 Å². The van der Waals surface area contributed by atoms with Gasteiger partial charge in [-0.1, -0.05) is 41.9 Å².